The molecule has 0 heterocycles. The minimum absolute atomic E-state index is 0.0100. The van der Waals surface area contributed by atoms with Crippen LogP contribution in [0.1, 0.15) is 22.3 Å². The highest BCUT2D eigenvalue weighted by Crippen LogP contribution is 2.19. The van der Waals surface area contributed by atoms with Gasteiger partial charge in [-0.2, -0.15) is 4.72 Å². The normalized spacial score (nSPS) is 12.4. The number of rotatable bonds is 9. The van der Waals surface area contributed by atoms with Crippen molar-refractivity contribution in [2.45, 2.75) is 36.2 Å². The van der Waals surface area contributed by atoms with Crippen LogP contribution in [0.2, 0.25) is 0 Å². The van der Waals surface area contributed by atoms with Crippen molar-refractivity contribution in [2.75, 3.05) is 0 Å². The number of hydrogen-bond donors (Lipinski definition) is 1. The second-order valence-corrected chi connectivity index (χ2v) is 12.8. The van der Waals surface area contributed by atoms with Crippen molar-refractivity contribution < 1.29 is 16.8 Å². The van der Waals surface area contributed by atoms with Gasteiger partial charge in [0.15, 0.2) is 0 Å². The number of nitrogens with zero attached hydrogens (tertiary/aromatic N) is 1. The molecule has 0 aliphatic heterocycles. The Hall–Kier alpha value is -4.16. The van der Waals surface area contributed by atoms with Crippen molar-refractivity contribution in [3.63, 3.8) is 0 Å². The van der Waals surface area contributed by atoms with Gasteiger partial charge in [0.05, 0.1) is 16.3 Å². The first kappa shape index (κ1) is 28.8. The van der Waals surface area contributed by atoms with Gasteiger partial charge in [-0.3, -0.25) is 0 Å². The summed E-state index contributed by atoms with van der Waals surface area (Å²) in [7, 11) is -7.97. The fourth-order valence-corrected chi connectivity index (χ4v) is 6.08. The van der Waals surface area contributed by atoms with Gasteiger partial charge >= 0.3 is 0 Å². The molecule has 0 aliphatic rings. The average Bonchev–Trinajstić information content (AvgIpc) is 2.95. The molecule has 40 heavy (non-hydrogen) atoms. The van der Waals surface area contributed by atoms with Crippen LogP contribution in [0.3, 0.4) is 0 Å². The van der Waals surface area contributed by atoms with Gasteiger partial charge in [-0.25, -0.2) is 21.1 Å². The van der Waals surface area contributed by atoms with Crippen LogP contribution in [0.4, 0.5) is 0 Å². The first-order valence-electron chi connectivity index (χ1n) is 12.6. The van der Waals surface area contributed by atoms with Crippen molar-refractivity contribution in [3.8, 4) is 12.0 Å². The fourth-order valence-electron chi connectivity index (χ4n) is 3.75. The van der Waals surface area contributed by atoms with E-state index in [1.54, 1.807) is 36.4 Å². The largest absolute Gasteiger partial charge is 0.271 e. The van der Waals surface area contributed by atoms with Gasteiger partial charge < -0.3 is 0 Å². The Balaban J connectivity index is 1.74. The zero-order valence-corrected chi connectivity index (χ0v) is 23.9. The summed E-state index contributed by atoms with van der Waals surface area (Å²) < 4.78 is 57.4. The van der Waals surface area contributed by atoms with E-state index in [9.17, 15) is 16.8 Å². The van der Waals surface area contributed by atoms with Gasteiger partial charge in [-0.15, -0.1) is 0 Å². The Bertz CT molecular complexity index is 1720. The van der Waals surface area contributed by atoms with Crippen molar-refractivity contribution >= 4 is 26.1 Å². The summed E-state index contributed by atoms with van der Waals surface area (Å²) >= 11 is 0. The lowest BCUT2D eigenvalue weighted by molar-refractivity contribution is 0.508. The predicted molar refractivity (Wildman–Crippen MR) is 159 cm³/mol. The predicted octanol–water partition coefficient (Wildman–Crippen LogP) is 5.52. The summed E-state index contributed by atoms with van der Waals surface area (Å²) in [6.45, 7) is 3.74. The van der Waals surface area contributed by atoms with Gasteiger partial charge in [0.2, 0.25) is 10.0 Å². The molecule has 0 saturated heterocycles. The Kier molecular flexibility index (Phi) is 9.22. The Labute approximate surface area is 237 Å². The van der Waals surface area contributed by atoms with Crippen molar-refractivity contribution in [1.82, 2.24) is 9.03 Å². The van der Waals surface area contributed by atoms with Crippen LogP contribution in [-0.2, 0) is 26.6 Å². The highest BCUT2D eigenvalue weighted by Gasteiger charge is 2.23. The van der Waals surface area contributed by atoms with E-state index in [-0.39, 0.29) is 16.3 Å². The molecule has 204 valence electrons. The Morgan fingerprint density at radius 2 is 1.25 bits per heavy atom. The molecule has 1 atom stereocenters. The number of aryl methyl sites for hydroxylation is 2. The topological polar surface area (TPSA) is 83.6 Å². The van der Waals surface area contributed by atoms with E-state index in [4.69, 9.17) is 0 Å². The number of nitrogens with one attached hydrogen (secondary N) is 1. The summed E-state index contributed by atoms with van der Waals surface area (Å²) in [5.41, 5.74) is 3.44. The maximum absolute atomic E-state index is 13.6. The van der Waals surface area contributed by atoms with E-state index < -0.39 is 26.1 Å². The third kappa shape index (κ3) is 7.70. The third-order valence-corrected chi connectivity index (χ3v) is 9.14. The first-order valence-corrected chi connectivity index (χ1v) is 15.5. The zero-order valence-electron chi connectivity index (χ0n) is 22.2. The van der Waals surface area contributed by atoms with Gasteiger partial charge in [0.25, 0.3) is 10.0 Å². The molecule has 6 nitrogen and oxygen atoms in total. The lowest BCUT2D eigenvalue weighted by Crippen LogP contribution is -2.33. The Morgan fingerprint density at radius 1 is 0.725 bits per heavy atom. The summed E-state index contributed by atoms with van der Waals surface area (Å²) in [5, 5.41) is 0. The summed E-state index contributed by atoms with van der Waals surface area (Å²) in [6, 6.07) is 33.2. The highest BCUT2D eigenvalue weighted by molar-refractivity contribution is 7.89. The Morgan fingerprint density at radius 3 is 1.82 bits per heavy atom. The zero-order chi connectivity index (χ0) is 28.6. The van der Waals surface area contributed by atoms with Crippen molar-refractivity contribution in [1.29, 1.82) is 0 Å². The van der Waals surface area contributed by atoms with Crippen molar-refractivity contribution in [3.05, 3.63) is 138 Å². The molecule has 4 rings (SSSR count). The van der Waals surface area contributed by atoms with Crippen LogP contribution in [-0.4, -0.2) is 27.2 Å². The highest BCUT2D eigenvalue weighted by atomic mass is 32.2. The van der Waals surface area contributed by atoms with E-state index >= 15 is 0 Å². The van der Waals surface area contributed by atoms with Crippen LogP contribution in [0, 0.1) is 25.8 Å². The molecule has 8 heteroatoms. The second kappa shape index (κ2) is 12.8. The van der Waals surface area contributed by atoms with Crippen LogP contribution >= 0.6 is 0 Å². The lowest BCUT2D eigenvalue weighted by atomic mass is 10.2. The number of hydrogen-bond acceptors (Lipinski definition) is 4. The van der Waals surface area contributed by atoms with Gasteiger partial charge in [-0.05, 0) is 49.2 Å². The maximum Gasteiger partial charge on any atom is 0.271 e. The van der Waals surface area contributed by atoms with Crippen molar-refractivity contribution in [2.24, 2.45) is 0 Å². The molecule has 0 fully saturated rings. The molecular formula is C32H30N2O4S2. The van der Waals surface area contributed by atoms with E-state index in [0.717, 1.165) is 26.6 Å². The second-order valence-electron chi connectivity index (χ2n) is 9.25. The molecule has 1 unspecified atom stereocenters. The molecule has 0 radical (unpaired) electrons. The van der Waals surface area contributed by atoms with Gasteiger partial charge in [0.1, 0.15) is 6.04 Å². The van der Waals surface area contributed by atoms with Crippen LogP contribution in [0.5, 0.6) is 0 Å². The molecule has 0 aliphatic carbocycles. The van der Waals surface area contributed by atoms with E-state index in [2.05, 4.69) is 16.7 Å². The van der Waals surface area contributed by atoms with Crippen LogP contribution in [0.25, 0.3) is 6.08 Å². The van der Waals surface area contributed by atoms with Crippen LogP contribution in [0.15, 0.2) is 125 Å². The van der Waals surface area contributed by atoms with E-state index in [1.165, 1.54) is 24.3 Å². The summed E-state index contributed by atoms with van der Waals surface area (Å²) in [5.74, 6) is 2.85. The fraction of sp³-hybridized carbons (Fsp3) is 0.125. The van der Waals surface area contributed by atoms with E-state index in [1.807, 2.05) is 74.5 Å². The first-order chi connectivity index (χ1) is 19.1. The van der Waals surface area contributed by atoms with Crippen LogP contribution < -0.4 is 4.72 Å². The molecule has 4 aromatic rings. The molecule has 0 amide bonds. The molecule has 4 aromatic carbocycles. The standard InChI is InChI=1S/C32H30N2O4S2/c1-26-13-19-31(20-14-26)39(35,36)33-30(18-17-28-9-5-3-6-10-28)23-24-34(25-29-11-7-4-8-12-29)40(37,38)32-21-15-27(2)16-22-32/h3-22,30,33H,25H2,1-2H3/b18-17+. The quantitative estimate of drug-likeness (QED) is 0.212. The summed E-state index contributed by atoms with van der Waals surface area (Å²) in [4.78, 5) is 0.186. The lowest BCUT2D eigenvalue weighted by Gasteiger charge is -2.19. The molecule has 0 bridgehead atoms. The molecular weight excluding hydrogens is 540 g/mol. The minimum Gasteiger partial charge on any atom is -0.220 e. The minimum atomic E-state index is -4.02. The SMILES string of the molecule is Cc1ccc(S(=O)(=O)NC(C#CN(Cc2ccccc2)S(=O)(=O)c2ccc(C)cc2)/C=C/c2ccccc2)cc1. The summed E-state index contributed by atoms with van der Waals surface area (Å²) in [6.07, 6.45) is 3.35. The van der Waals surface area contributed by atoms with Gasteiger partial charge in [-0.1, -0.05) is 114 Å². The smallest absolute Gasteiger partial charge is 0.220 e. The average molecular weight is 571 g/mol. The number of benzene rings is 4. The monoisotopic (exact) mass is 570 g/mol. The van der Waals surface area contributed by atoms with E-state index in [0.29, 0.717) is 0 Å². The third-order valence-electron chi connectivity index (χ3n) is 6.02. The molecule has 1 N–H and O–H groups in total. The molecule has 0 spiro atoms. The molecule has 0 saturated carbocycles. The maximum atomic E-state index is 13.6. The van der Waals surface area contributed by atoms with Gasteiger partial charge in [0, 0.05) is 6.04 Å². The number of sulfonamides is 2. The molecule has 0 aromatic heterocycles.